The van der Waals surface area contributed by atoms with E-state index in [4.69, 9.17) is 4.74 Å². The molecule has 0 saturated heterocycles. The zero-order valence-electron chi connectivity index (χ0n) is 20.7. The minimum Gasteiger partial charge on any atom is -0.494 e. The van der Waals surface area contributed by atoms with Crippen LogP contribution in [0.3, 0.4) is 0 Å². The SMILES string of the molecule is CCCCCCCCOc1ccc(-c2ccc(CCc3ccc(CCCC)cn3)cc2)cc1. The summed E-state index contributed by atoms with van der Waals surface area (Å²) < 4.78 is 5.92. The summed E-state index contributed by atoms with van der Waals surface area (Å²) in [6.45, 7) is 5.30. The van der Waals surface area contributed by atoms with Crippen LogP contribution in [0.5, 0.6) is 5.75 Å². The molecule has 0 aliphatic rings. The summed E-state index contributed by atoms with van der Waals surface area (Å²) in [5.41, 5.74) is 6.37. The third kappa shape index (κ3) is 9.04. The predicted molar refractivity (Wildman–Crippen MR) is 141 cm³/mol. The maximum Gasteiger partial charge on any atom is 0.119 e. The first-order valence-corrected chi connectivity index (χ1v) is 13.0. The molecular weight excluding hydrogens is 402 g/mol. The largest absolute Gasteiger partial charge is 0.494 e. The Kier molecular flexibility index (Phi) is 11.0. The third-order valence-corrected chi connectivity index (χ3v) is 6.28. The maximum absolute atomic E-state index is 5.92. The number of aromatic nitrogens is 1. The number of aryl methyl sites for hydroxylation is 3. The van der Waals surface area contributed by atoms with Gasteiger partial charge < -0.3 is 4.74 Å². The summed E-state index contributed by atoms with van der Waals surface area (Å²) in [5, 5.41) is 0. The molecule has 2 aromatic carbocycles. The summed E-state index contributed by atoms with van der Waals surface area (Å²) in [4.78, 5) is 4.65. The highest BCUT2D eigenvalue weighted by atomic mass is 16.5. The quantitative estimate of drug-likeness (QED) is 0.219. The lowest BCUT2D eigenvalue weighted by molar-refractivity contribution is 0.304. The molecule has 1 heterocycles. The lowest BCUT2D eigenvalue weighted by Crippen LogP contribution is -1.97. The lowest BCUT2D eigenvalue weighted by atomic mass is 10.0. The van der Waals surface area contributed by atoms with Crippen LogP contribution in [0.1, 0.15) is 82.0 Å². The van der Waals surface area contributed by atoms with Gasteiger partial charge in [-0.1, -0.05) is 94.8 Å². The molecule has 33 heavy (non-hydrogen) atoms. The van der Waals surface area contributed by atoms with Crippen molar-refractivity contribution < 1.29 is 4.74 Å². The van der Waals surface area contributed by atoms with Gasteiger partial charge in [-0.25, -0.2) is 0 Å². The lowest BCUT2D eigenvalue weighted by Gasteiger charge is -2.08. The van der Waals surface area contributed by atoms with E-state index >= 15 is 0 Å². The van der Waals surface area contributed by atoms with E-state index < -0.39 is 0 Å². The van der Waals surface area contributed by atoms with Crippen LogP contribution in [0.4, 0.5) is 0 Å². The Labute approximate surface area is 201 Å². The first-order valence-electron chi connectivity index (χ1n) is 13.0. The van der Waals surface area contributed by atoms with Crippen molar-refractivity contribution in [3.63, 3.8) is 0 Å². The Bertz CT molecular complexity index is 897. The predicted octanol–water partition coefficient (Wildman–Crippen LogP) is 8.62. The Morgan fingerprint density at radius 1 is 0.576 bits per heavy atom. The average Bonchev–Trinajstić information content (AvgIpc) is 2.87. The van der Waals surface area contributed by atoms with E-state index in [2.05, 4.69) is 85.7 Å². The Morgan fingerprint density at radius 3 is 1.88 bits per heavy atom. The number of unbranched alkanes of at least 4 members (excludes halogenated alkanes) is 6. The average molecular weight is 444 g/mol. The van der Waals surface area contributed by atoms with Gasteiger partial charge in [0.15, 0.2) is 0 Å². The molecule has 2 heteroatoms. The second-order valence-corrected chi connectivity index (χ2v) is 9.10. The minimum atomic E-state index is 0.816. The molecular formula is C31H41NO. The molecule has 3 aromatic rings. The van der Waals surface area contributed by atoms with Crippen LogP contribution in [0.2, 0.25) is 0 Å². The van der Waals surface area contributed by atoms with Crippen molar-refractivity contribution >= 4 is 0 Å². The number of hydrogen-bond donors (Lipinski definition) is 0. The van der Waals surface area contributed by atoms with Crippen LogP contribution < -0.4 is 4.74 Å². The van der Waals surface area contributed by atoms with E-state index in [1.165, 1.54) is 72.9 Å². The van der Waals surface area contributed by atoms with Gasteiger partial charge in [0.05, 0.1) is 6.61 Å². The number of benzene rings is 2. The molecule has 3 rings (SSSR count). The Hall–Kier alpha value is -2.61. The van der Waals surface area contributed by atoms with Gasteiger partial charge in [0, 0.05) is 11.9 Å². The zero-order valence-corrected chi connectivity index (χ0v) is 20.7. The molecule has 0 aliphatic heterocycles. The smallest absolute Gasteiger partial charge is 0.119 e. The highest BCUT2D eigenvalue weighted by Crippen LogP contribution is 2.23. The van der Waals surface area contributed by atoms with Crippen molar-refractivity contribution in [2.24, 2.45) is 0 Å². The van der Waals surface area contributed by atoms with Gasteiger partial charge in [0.25, 0.3) is 0 Å². The fourth-order valence-electron chi connectivity index (χ4n) is 4.08. The molecule has 0 unspecified atom stereocenters. The molecule has 0 spiro atoms. The van der Waals surface area contributed by atoms with E-state index in [0.717, 1.165) is 38.0 Å². The molecule has 0 saturated carbocycles. The van der Waals surface area contributed by atoms with Gasteiger partial charge >= 0.3 is 0 Å². The monoisotopic (exact) mass is 443 g/mol. The zero-order chi connectivity index (χ0) is 23.1. The molecule has 0 fully saturated rings. The van der Waals surface area contributed by atoms with Crippen molar-refractivity contribution in [1.29, 1.82) is 0 Å². The number of hydrogen-bond acceptors (Lipinski definition) is 2. The van der Waals surface area contributed by atoms with E-state index in [-0.39, 0.29) is 0 Å². The molecule has 2 nitrogen and oxygen atoms in total. The van der Waals surface area contributed by atoms with E-state index in [9.17, 15) is 0 Å². The summed E-state index contributed by atoms with van der Waals surface area (Å²) in [6, 6.07) is 21.9. The van der Waals surface area contributed by atoms with Crippen LogP contribution >= 0.6 is 0 Å². The Morgan fingerprint density at radius 2 is 1.21 bits per heavy atom. The van der Waals surface area contributed by atoms with Gasteiger partial charge in [0.1, 0.15) is 5.75 Å². The second-order valence-electron chi connectivity index (χ2n) is 9.10. The van der Waals surface area contributed by atoms with Gasteiger partial charge in [-0.15, -0.1) is 0 Å². The van der Waals surface area contributed by atoms with Gasteiger partial charge in [-0.3, -0.25) is 4.98 Å². The number of rotatable bonds is 15. The standard InChI is InChI=1S/C31H41NO/c1-3-5-7-8-9-10-24-33-31-22-18-29(19-23-31)28-16-12-26(13-17-28)14-20-30-21-15-27(25-32-30)11-6-4-2/h12-13,15-19,21-23,25H,3-11,14,20,24H2,1-2H3. The van der Waals surface area contributed by atoms with Crippen molar-refractivity contribution in [2.75, 3.05) is 6.61 Å². The van der Waals surface area contributed by atoms with Crippen molar-refractivity contribution in [3.8, 4) is 16.9 Å². The summed E-state index contributed by atoms with van der Waals surface area (Å²) in [5.74, 6) is 0.970. The maximum atomic E-state index is 5.92. The number of pyridine rings is 1. The normalized spacial score (nSPS) is 11.0. The molecule has 0 atom stereocenters. The fraction of sp³-hybridized carbons (Fsp3) is 0.452. The highest BCUT2D eigenvalue weighted by Gasteiger charge is 2.02. The van der Waals surface area contributed by atoms with E-state index in [1.807, 2.05) is 0 Å². The molecule has 0 aliphatic carbocycles. The first kappa shape index (κ1) is 25.0. The molecule has 0 radical (unpaired) electrons. The second kappa shape index (κ2) is 14.5. The molecule has 0 N–H and O–H groups in total. The first-order chi connectivity index (χ1) is 16.3. The third-order valence-electron chi connectivity index (χ3n) is 6.28. The van der Waals surface area contributed by atoms with Gasteiger partial charge in [-0.05, 0) is 72.6 Å². The molecule has 1 aromatic heterocycles. The van der Waals surface area contributed by atoms with E-state index in [0.29, 0.717) is 0 Å². The molecule has 176 valence electrons. The van der Waals surface area contributed by atoms with Crippen LogP contribution in [0, 0.1) is 0 Å². The van der Waals surface area contributed by atoms with Crippen molar-refractivity contribution in [3.05, 3.63) is 83.7 Å². The van der Waals surface area contributed by atoms with Gasteiger partial charge in [-0.2, -0.15) is 0 Å². The number of ether oxygens (including phenoxy) is 1. The topological polar surface area (TPSA) is 22.1 Å². The number of nitrogens with zero attached hydrogens (tertiary/aromatic N) is 1. The Balaban J connectivity index is 1.42. The molecule has 0 bridgehead atoms. The van der Waals surface area contributed by atoms with Gasteiger partial charge in [0.2, 0.25) is 0 Å². The fourth-order valence-corrected chi connectivity index (χ4v) is 4.08. The van der Waals surface area contributed by atoms with Crippen LogP contribution in [0.15, 0.2) is 66.9 Å². The highest BCUT2D eigenvalue weighted by molar-refractivity contribution is 5.64. The minimum absolute atomic E-state index is 0.816. The summed E-state index contributed by atoms with van der Waals surface area (Å²) in [6.07, 6.45) is 15.4. The van der Waals surface area contributed by atoms with E-state index in [1.54, 1.807) is 0 Å². The van der Waals surface area contributed by atoms with Crippen molar-refractivity contribution in [2.45, 2.75) is 84.5 Å². The van der Waals surface area contributed by atoms with Crippen LogP contribution in [-0.2, 0) is 19.3 Å². The van der Waals surface area contributed by atoms with Crippen LogP contribution in [-0.4, -0.2) is 11.6 Å². The van der Waals surface area contributed by atoms with Crippen LogP contribution in [0.25, 0.3) is 11.1 Å². The summed E-state index contributed by atoms with van der Waals surface area (Å²) >= 11 is 0. The van der Waals surface area contributed by atoms with Crippen molar-refractivity contribution in [1.82, 2.24) is 4.98 Å². The molecule has 0 amide bonds. The summed E-state index contributed by atoms with van der Waals surface area (Å²) in [7, 11) is 0.